The van der Waals surface area contributed by atoms with Gasteiger partial charge in [-0.15, -0.1) is 0 Å². The van der Waals surface area contributed by atoms with Gasteiger partial charge >= 0.3 is 11.9 Å². The number of aliphatic carboxylic acids is 2. The Labute approximate surface area is 57.5 Å². The third kappa shape index (κ3) is 0.964. The first kappa shape index (κ1) is 7.05. The SMILES string of the molecule is O=C(O)[C@@H]1CC[C@H]1C(=O)O. The van der Waals surface area contributed by atoms with Gasteiger partial charge in [0.1, 0.15) is 0 Å². The molecule has 0 aromatic carbocycles. The zero-order valence-electron chi connectivity index (χ0n) is 5.28. The molecule has 56 valence electrons. The molecular weight excluding hydrogens is 136 g/mol. The summed E-state index contributed by atoms with van der Waals surface area (Å²) in [5.41, 5.74) is 0. The first-order valence-corrected chi connectivity index (χ1v) is 3.08. The Hall–Kier alpha value is -1.06. The number of hydrogen-bond donors (Lipinski definition) is 2. The fourth-order valence-corrected chi connectivity index (χ4v) is 1.09. The van der Waals surface area contributed by atoms with Gasteiger partial charge < -0.3 is 10.2 Å². The van der Waals surface area contributed by atoms with Crippen molar-refractivity contribution in [3.8, 4) is 0 Å². The van der Waals surface area contributed by atoms with E-state index in [-0.39, 0.29) is 0 Å². The van der Waals surface area contributed by atoms with Crippen LogP contribution in [0.25, 0.3) is 0 Å². The molecule has 0 radical (unpaired) electrons. The van der Waals surface area contributed by atoms with Crippen LogP contribution in [0.1, 0.15) is 12.8 Å². The van der Waals surface area contributed by atoms with E-state index in [1.807, 2.05) is 0 Å². The highest BCUT2D eigenvalue weighted by atomic mass is 16.4. The van der Waals surface area contributed by atoms with E-state index >= 15 is 0 Å². The Morgan fingerprint density at radius 2 is 1.30 bits per heavy atom. The fraction of sp³-hybridized carbons (Fsp3) is 0.667. The summed E-state index contributed by atoms with van der Waals surface area (Å²) >= 11 is 0. The lowest BCUT2D eigenvalue weighted by molar-refractivity contribution is -0.160. The van der Waals surface area contributed by atoms with Crippen molar-refractivity contribution in [1.82, 2.24) is 0 Å². The second kappa shape index (κ2) is 2.28. The normalized spacial score (nSPS) is 30.8. The molecule has 0 unspecified atom stereocenters. The van der Waals surface area contributed by atoms with Crippen molar-refractivity contribution >= 4 is 11.9 Å². The highest BCUT2D eigenvalue weighted by molar-refractivity contribution is 5.81. The van der Waals surface area contributed by atoms with Crippen molar-refractivity contribution in [2.24, 2.45) is 11.8 Å². The summed E-state index contributed by atoms with van der Waals surface area (Å²) < 4.78 is 0. The summed E-state index contributed by atoms with van der Waals surface area (Å²) in [6.07, 6.45) is 1.01. The highest BCUT2D eigenvalue weighted by Crippen LogP contribution is 2.34. The van der Waals surface area contributed by atoms with Gasteiger partial charge in [0.05, 0.1) is 11.8 Å². The molecule has 1 fully saturated rings. The number of rotatable bonds is 2. The third-order valence-corrected chi connectivity index (χ3v) is 1.91. The minimum absolute atomic E-state index is 0.506. The molecule has 1 saturated carbocycles. The zero-order chi connectivity index (χ0) is 7.72. The summed E-state index contributed by atoms with van der Waals surface area (Å²) in [7, 11) is 0. The minimum Gasteiger partial charge on any atom is -0.481 e. The molecule has 0 saturated heterocycles. The zero-order valence-corrected chi connectivity index (χ0v) is 5.28. The average molecular weight is 144 g/mol. The molecule has 2 N–H and O–H groups in total. The van der Waals surface area contributed by atoms with Crippen molar-refractivity contribution in [1.29, 1.82) is 0 Å². The van der Waals surface area contributed by atoms with E-state index in [0.717, 1.165) is 0 Å². The van der Waals surface area contributed by atoms with Crippen LogP contribution in [-0.4, -0.2) is 22.2 Å². The lowest BCUT2D eigenvalue weighted by Gasteiger charge is -2.29. The maximum atomic E-state index is 10.2. The van der Waals surface area contributed by atoms with Gasteiger partial charge in [-0.1, -0.05) is 0 Å². The molecule has 4 nitrogen and oxygen atoms in total. The summed E-state index contributed by atoms with van der Waals surface area (Å²) in [4.78, 5) is 20.5. The lowest BCUT2D eigenvalue weighted by Crippen LogP contribution is -2.37. The van der Waals surface area contributed by atoms with E-state index < -0.39 is 23.8 Å². The Morgan fingerprint density at radius 3 is 1.40 bits per heavy atom. The quantitative estimate of drug-likeness (QED) is 0.579. The molecule has 1 rings (SSSR count). The van der Waals surface area contributed by atoms with Crippen molar-refractivity contribution in [3.63, 3.8) is 0 Å². The Balaban J connectivity index is 2.51. The Bertz CT molecular complexity index is 155. The van der Waals surface area contributed by atoms with Gasteiger partial charge in [-0.05, 0) is 12.8 Å². The molecule has 0 spiro atoms. The van der Waals surface area contributed by atoms with E-state index in [1.54, 1.807) is 0 Å². The summed E-state index contributed by atoms with van der Waals surface area (Å²) in [5, 5.41) is 16.8. The van der Waals surface area contributed by atoms with Crippen LogP contribution >= 0.6 is 0 Å². The van der Waals surface area contributed by atoms with Gasteiger partial charge in [0.25, 0.3) is 0 Å². The predicted octanol–water partition coefficient (Wildman–Crippen LogP) is 0.182. The van der Waals surface area contributed by atoms with Gasteiger partial charge in [-0.2, -0.15) is 0 Å². The minimum atomic E-state index is -0.987. The fourth-order valence-electron chi connectivity index (χ4n) is 1.09. The van der Waals surface area contributed by atoms with E-state index in [1.165, 1.54) is 0 Å². The molecule has 0 aromatic heterocycles. The maximum Gasteiger partial charge on any atom is 0.307 e. The third-order valence-electron chi connectivity index (χ3n) is 1.91. The number of hydrogen-bond acceptors (Lipinski definition) is 2. The molecule has 0 amide bonds. The monoisotopic (exact) mass is 144 g/mol. The molecule has 1 aliphatic rings. The number of carbonyl (C=O) groups is 2. The average Bonchev–Trinajstić information content (AvgIpc) is 1.56. The van der Waals surface area contributed by atoms with Crippen LogP contribution in [0.15, 0.2) is 0 Å². The molecule has 4 heteroatoms. The molecule has 0 bridgehead atoms. The Morgan fingerprint density at radius 1 is 1.00 bits per heavy atom. The topological polar surface area (TPSA) is 74.6 Å². The van der Waals surface area contributed by atoms with Crippen molar-refractivity contribution in [2.45, 2.75) is 12.8 Å². The van der Waals surface area contributed by atoms with E-state index in [9.17, 15) is 9.59 Å². The second-order valence-corrected chi connectivity index (χ2v) is 2.47. The van der Waals surface area contributed by atoms with Crippen molar-refractivity contribution < 1.29 is 19.8 Å². The van der Waals surface area contributed by atoms with Gasteiger partial charge in [0.15, 0.2) is 0 Å². The molecule has 10 heavy (non-hydrogen) atoms. The van der Waals surface area contributed by atoms with Crippen LogP contribution in [0.4, 0.5) is 0 Å². The molecule has 2 atom stereocenters. The number of carboxylic acid groups (broad SMARTS) is 2. The van der Waals surface area contributed by atoms with Crippen molar-refractivity contribution in [2.75, 3.05) is 0 Å². The first-order chi connectivity index (χ1) is 4.63. The van der Waals surface area contributed by atoms with Crippen LogP contribution in [0, 0.1) is 11.8 Å². The van der Waals surface area contributed by atoms with Crippen molar-refractivity contribution in [3.05, 3.63) is 0 Å². The maximum absolute atomic E-state index is 10.2. The number of carboxylic acids is 2. The van der Waals surface area contributed by atoms with Crippen LogP contribution in [-0.2, 0) is 9.59 Å². The summed E-state index contributed by atoms with van der Waals surface area (Å²) in [6, 6.07) is 0. The van der Waals surface area contributed by atoms with Crippen LogP contribution in [0.2, 0.25) is 0 Å². The van der Waals surface area contributed by atoms with Gasteiger partial charge in [0.2, 0.25) is 0 Å². The van der Waals surface area contributed by atoms with Gasteiger partial charge in [-0.25, -0.2) is 0 Å². The van der Waals surface area contributed by atoms with Gasteiger partial charge in [-0.3, -0.25) is 9.59 Å². The van der Waals surface area contributed by atoms with Crippen LogP contribution < -0.4 is 0 Å². The predicted molar refractivity (Wildman–Crippen MR) is 31.5 cm³/mol. The second-order valence-electron chi connectivity index (χ2n) is 2.47. The molecule has 0 aromatic rings. The largest absolute Gasteiger partial charge is 0.481 e. The molecule has 0 heterocycles. The van der Waals surface area contributed by atoms with Crippen LogP contribution in [0.5, 0.6) is 0 Å². The van der Waals surface area contributed by atoms with Crippen LogP contribution in [0.3, 0.4) is 0 Å². The Kier molecular flexibility index (Phi) is 1.61. The highest BCUT2D eigenvalue weighted by Gasteiger charge is 2.41. The van der Waals surface area contributed by atoms with E-state index in [0.29, 0.717) is 12.8 Å². The molecule has 1 aliphatic carbocycles. The molecule has 0 aliphatic heterocycles. The summed E-state index contributed by atoms with van der Waals surface area (Å²) in [5.74, 6) is -3.26. The van der Waals surface area contributed by atoms with E-state index in [2.05, 4.69) is 0 Å². The molecular formula is C6H8O4. The standard InChI is InChI=1S/C6H8O4/c7-5(8)3-1-2-4(3)6(9)10/h3-4H,1-2H2,(H,7,8)(H,9,10)/t3-,4-/m1/s1. The first-order valence-electron chi connectivity index (χ1n) is 3.08. The smallest absolute Gasteiger partial charge is 0.307 e. The van der Waals surface area contributed by atoms with Gasteiger partial charge in [0, 0.05) is 0 Å². The van der Waals surface area contributed by atoms with E-state index in [4.69, 9.17) is 10.2 Å². The summed E-state index contributed by atoms with van der Waals surface area (Å²) in [6.45, 7) is 0. The lowest BCUT2D eigenvalue weighted by atomic mass is 9.74.